The molecule has 0 saturated heterocycles. The minimum absolute atomic E-state index is 0.221. The zero-order chi connectivity index (χ0) is 15.4. The zero-order valence-electron chi connectivity index (χ0n) is 13.0. The smallest absolute Gasteiger partial charge is 0.123 e. The van der Waals surface area contributed by atoms with Crippen LogP contribution in [0.1, 0.15) is 45.1 Å². The number of halogens is 1. The lowest BCUT2D eigenvalue weighted by molar-refractivity contribution is 0.283. The quantitative estimate of drug-likeness (QED) is 0.800. The maximum atomic E-state index is 13.6. The zero-order valence-corrected chi connectivity index (χ0v) is 13.0. The third kappa shape index (κ3) is 3.59. The van der Waals surface area contributed by atoms with Gasteiger partial charge >= 0.3 is 0 Å². The summed E-state index contributed by atoms with van der Waals surface area (Å²) in [7, 11) is 0. The van der Waals surface area contributed by atoms with Crippen molar-refractivity contribution in [3.63, 3.8) is 0 Å². The van der Waals surface area contributed by atoms with E-state index in [0.717, 1.165) is 36.9 Å². The Morgan fingerprint density at radius 3 is 2.57 bits per heavy atom. The molecule has 0 heterocycles. The van der Waals surface area contributed by atoms with E-state index in [0.29, 0.717) is 11.8 Å². The summed E-state index contributed by atoms with van der Waals surface area (Å²) >= 11 is 0. The monoisotopic (exact) mass is 288 g/mol. The van der Waals surface area contributed by atoms with Gasteiger partial charge in [0.1, 0.15) is 5.82 Å². The number of nitrogens with two attached hydrogens (primary N) is 1. The molecule has 3 heteroatoms. The Hall–Kier alpha value is -1.48. The summed E-state index contributed by atoms with van der Waals surface area (Å²) in [4.78, 5) is 4.04. The molecule has 1 aliphatic carbocycles. The second kappa shape index (κ2) is 6.99. The van der Waals surface area contributed by atoms with Crippen molar-refractivity contribution in [1.29, 1.82) is 0 Å². The fraction of sp³-hybridized carbons (Fsp3) is 0.500. The van der Waals surface area contributed by atoms with Gasteiger partial charge in [-0.05, 0) is 81.9 Å². The number of allylic oxidation sites excluding steroid dienone is 2. The van der Waals surface area contributed by atoms with Gasteiger partial charge in [0.2, 0.25) is 0 Å². The highest BCUT2D eigenvalue weighted by molar-refractivity contribution is 5.76. The normalized spacial score (nSPS) is 24.7. The molecule has 1 fully saturated rings. The lowest BCUT2D eigenvalue weighted by atomic mass is 9.74. The second-order valence-electron chi connectivity index (χ2n) is 6.03. The molecule has 0 bridgehead atoms. The van der Waals surface area contributed by atoms with E-state index >= 15 is 0 Å². The van der Waals surface area contributed by atoms with Crippen LogP contribution in [0.25, 0.3) is 5.57 Å². The van der Waals surface area contributed by atoms with Crippen LogP contribution in [0.4, 0.5) is 10.1 Å². The molecular weight excluding hydrogens is 263 g/mol. The lowest BCUT2D eigenvalue weighted by Crippen LogP contribution is -2.30. The molecule has 0 aromatic heterocycles. The van der Waals surface area contributed by atoms with Crippen LogP contribution in [0, 0.1) is 17.7 Å². The summed E-state index contributed by atoms with van der Waals surface area (Å²) in [5.74, 6) is 0.859. The maximum absolute atomic E-state index is 13.6. The van der Waals surface area contributed by atoms with Gasteiger partial charge < -0.3 is 5.73 Å². The molecule has 1 aromatic carbocycles. The van der Waals surface area contributed by atoms with E-state index < -0.39 is 0 Å². The van der Waals surface area contributed by atoms with Crippen molar-refractivity contribution in [3.05, 3.63) is 35.7 Å². The first-order valence-electron chi connectivity index (χ1n) is 7.75. The van der Waals surface area contributed by atoms with E-state index in [1.807, 2.05) is 6.92 Å². The molecule has 1 atom stereocenters. The van der Waals surface area contributed by atoms with Gasteiger partial charge in [-0.2, -0.15) is 0 Å². The SMILES string of the molecule is C=Nc1ccc(F)cc1/C(=C\C)C1CCC([C@@H](C)N)CC1. The Morgan fingerprint density at radius 1 is 1.38 bits per heavy atom. The molecule has 1 aliphatic rings. The molecule has 2 rings (SSSR count). The molecule has 1 saturated carbocycles. The first-order valence-corrected chi connectivity index (χ1v) is 7.75. The van der Waals surface area contributed by atoms with Gasteiger partial charge in [0.15, 0.2) is 0 Å². The highest BCUT2D eigenvalue weighted by Gasteiger charge is 2.26. The average molecular weight is 288 g/mol. The van der Waals surface area contributed by atoms with Crippen LogP contribution in [-0.2, 0) is 0 Å². The number of aliphatic imine (C=N–C) groups is 1. The Kier molecular flexibility index (Phi) is 5.29. The van der Waals surface area contributed by atoms with Crippen LogP contribution in [0.15, 0.2) is 29.3 Å². The summed E-state index contributed by atoms with van der Waals surface area (Å²) in [6.45, 7) is 7.71. The number of rotatable bonds is 4. The summed E-state index contributed by atoms with van der Waals surface area (Å²) in [5.41, 5.74) is 8.85. The Balaban J connectivity index is 2.22. The van der Waals surface area contributed by atoms with Crippen LogP contribution >= 0.6 is 0 Å². The van der Waals surface area contributed by atoms with E-state index in [2.05, 4.69) is 24.7 Å². The van der Waals surface area contributed by atoms with Crippen molar-refractivity contribution < 1.29 is 4.39 Å². The topological polar surface area (TPSA) is 38.4 Å². The predicted molar refractivity (Wildman–Crippen MR) is 88.4 cm³/mol. The molecule has 0 aliphatic heterocycles. The number of hydrogen-bond acceptors (Lipinski definition) is 2. The van der Waals surface area contributed by atoms with Crippen molar-refractivity contribution in [3.8, 4) is 0 Å². The van der Waals surface area contributed by atoms with Crippen LogP contribution in [-0.4, -0.2) is 12.8 Å². The van der Waals surface area contributed by atoms with Crippen molar-refractivity contribution in [1.82, 2.24) is 0 Å². The molecule has 114 valence electrons. The number of hydrogen-bond donors (Lipinski definition) is 1. The molecule has 2 nitrogen and oxygen atoms in total. The molecule has 1 aromatic rings. The molecule has 2 N–H and O–H groups in total. The van der Waals surface area contributed by atoms with Gasteiger partial charge in [-0.15, -0.1) is 0 Å². The van der Waals surface area contributed by atoms with Gasteiger partial charge in [0.05, 0.1) is 5.69 Å². The first kappa shape index (κ1) is 15.9. The summed E-state index contributed by atoms with van der Waals surface area (Å²) in [5, 5.41) is 0. The van der Waals surface area contributed by atoms with E-state index in [1.54, 1.807) is 12.1 Å². The summed E-state index contributed by atoms with van der Waals surface area (Å²) < 4.78 is 13.6. The number of benzene rings is 1. The molecule has 0 radical (unpaired) electrons. The lowest BCUT2D eigenvalue weighted by Gasteiger charge is -2.32. The Morgan fingerprint density at radius 2 is 2.05 bits per heavy atom. The van der Waals surface area contributed by atoms with E-state index in [-0.39, 0.29) is 11.9 Å². The van der Waals surface area contributed by atoms with E-state index in [1.165, 1.54) is 11.6 Å². The van der Waals surface area contributed by atoms with Crippen LogP contribution in [0.3, 0.4) is 0 Å². The van der Waals surface area contributed by atoms with Crippen LogP contribution in [0.5, 0.6) is 0 Å². The molecule has 0 unspecified atom stereocenters. The maximum Gasteiger partial charge on any atom is 0.123 e. The van der Waals surface area contributed by atoms with E-state index in [4.69, 9.17) is 5.73 Å². The fourth-order valence-corrected chi connectivity index (χ4v) is 3.44. The molecule has 0 spiro atoms. The number of nitrogens with zero attached hydrogens (tertiary/aromatic N) is 1. The second-order valence-corrected chi connectivity index (χ2v) is 6.03. The van der Waals surface area contributed by atoms with Gasteiger partial charge in [-0.1, -0.05) is 6.08 Å². The van der Waals surface area contributed by atoms with Crippen LogP contribution < -0.4 is 5.73 Å². The van der Waals surface area contributed by atoms with Gasteiger partial charge in [-0.25, -0.2) is 4.39 Å². The highest BCUT2D eigenvalue weighted by atomic mass is 19.1. The van der Waals surface area contributed by atoms with Crippen molar-refractivity contribution in [2.45, 2.75) is 45.6 Å². The van der Waals surface area contributed by atoms with Crippen molar-refractivity contribution >= 4 is 18.0 Å². The largest absolute Gasteiger partial charge is 0.328 e. The van der Waals surface area contributed by atoms with E-state index in [9.17, 15) is 4.39 Å². The third-order valence-electron chi connectivity index (χ3n) is 4.71. The molecule has 21 heavy (non-hydrogen) atoms. The predicted octanol–water partition coefficient (Wildman–Crippen LogP) is 4.71. The fourth-order valence-electron chi connectivity index (χ4n) is 3.44. The summed E-state index contributed by atoms with van der Waals surface area (Å²) in [6.07, 6.45) is 6.61. The summed E-state index contributed by atoms with van der Waals surface area (Å²) in [6, 6.07) is 4.99. The minimum atomic E-state index is -0.221. The first-order chi connectivity index (χ1) is 10.1. The third-order valence-corrected chi connectivity index (χ3v) is 4.71. The van der Waals surface area contributed by atoms with Gasteiger partial charge in [0.25, 0.3) is 0 Å². The van der Waals surface area contributed by atoms with Gasteiger partial charge in [0, 0.05) is 11.6 Å². The van der Waals surface area contributed by atoms with Crippen LogP contribution in [0.2, 0.25) is 0 Å². The molecule has 0 amide bonds. The molecular formula is C18H25FN2. The Bertz CT molecular complexity index is 526. The van der Waals surface area contributed by atoms with Crippen molar-refractivity contribution in [2.24, 2.45) is 22.6 Å². The highest BCUT2D eigenvalue weighted by Crippen LogP contribution is 2.41. The Labute approximate surface area is 127 Å². The minimum Gasteiger partial charge on any atom is -0.328 e. The van der Waals surface area contributed by atoms with Gasteiger partial charge in [-0.3, -0.25) is 4.99 Å². The average Bonchev–Trinajstić information content (AvgIpc) is 2.49. The van der Waals surface area contributed by atoms with Crippen molar-refractivity contribution in [2.75, 3.05) is 0 Å². The standard InChI is InChI=1S/C18H25FN2/c1-4-16(14-7-5-13(6-8-14)12(2)20)17-11-15(19)9-10-18(17)21-3/h4,9-14H,3,5-8,20H2,1-2H3/b16-4-/t12-,13?,14?/m1/s1.